The summed E-state index contributed by atoms with van der Waals surface area (Å²) in [5.41, 5.74) is 4.97. The zero-order chi connectivity index (χ0) is 14.5. The van der Waals surface area contributed by atoms with Crippen LogP contribution in [-0.4, -0.2) is 5.75 Å². The van der Waals surface area contributed by atoms with Crippen molar-refractivity contribution in [3.05, 3.63) is 63.6 Å². The van der Waals surface area contributed by atoms with Gasteiger partial charge in [0.05, 0.1) is 6.04 Å². The molecule has 0 saturated carbocycles. The maximum absolute atomic E-state index is 6.21. The van der Waals surface area contributed by atoms with Crippen molar-refractivity contribution >= 4 is 35.0 Å². The Kier molecular flexibility index (Phi) is 5.75. The molecule has 0 amide bonds. The number of thioether (sulfide) groups is 1. The molecular formula is C15H16Cl2N2S. The second-order valence-electron chi connectivity index (χ2n) is 4.51. The van der Waals surface area contributed by atoms with Crippen LogP contribution in [0.1, 0.15) is 17.2 Å². The third kappa shape index (κ3) is 4.14. The Balaban J connectivity index is 2.11. The topological polar surface area (TPSA) is 38.0 Å². The average molecular weight is 327 g/mol. The first kappa shape index (κ1) is 15.7. The second kappa shape index (κ2) is 7.34. The number of hydrogen-bond donors (Lipinski definition) is 2. The van der Waals surface area contributed by atoms with Gasteiger partial charge in [0.1, 0.15) is 0 Å². The smallest absolute Gasteiger partial charge is 0.0569 e. The molecule has 0 aliphatic rings. The van der Waals surface area contributed by atoms with Crippen LogP contribution >= 0.6 is 35.0 Å². The largest absolute Gasteiger partial charge is 0.271 e. The summed E-state index contributed by atoms with van der Waals surface area (Å²) in [5, 5.41) is 1.33. The van der Waals surface area contributed by atoms with Crippen molar-refractivity contribution in [3.8, 4) is 0 Å². The molecule has 1 atom stereocenters. The van der Waals surface area contributed by atoms with Crippen LogP contribution in [0, 0.1) is 6.92 Å². The SMILES string of the molecule is Cc1cccc(SCC(NN)c2cc(Cl)ccc2Cl)c1. The van der Waals surface area contributed by atoms with E-state index in [1.807, 2.05) is 6.07 Å². The first-order valence-corrected chi connectivity index (χ1v) is 7.95. The number of benzene rings is 2. The van der Waals surface area contributed by atoms with Gasteiger partial charge in [0.2, 0.25) is 0 Å². The lowest BCUT2D eigenvalue weighted by Crippen LogP contribution is -2.29. The molecule has 1 unspecified atom stereocenters. The van der Waals surface area contributed by atoms with Crippen molar-refractivity contribution in [1.29, 1.82) is 0 Å². The van der Waals surface area contributed by atoms with Crippen LogP contribution in [0.15, 0.2) is 47.4 Å². The van der Waals surface area contributed by atoms with E-state index in [4.69, 9.17) is 29.0 Å². The molecule has 2 nitrogen and oxygen atoms in total. The highest BCUT2D eigenvalue weighted by atomic mass is 35.5. The summed E-state index contributed by atoms with van der Waals surface area (Å²) in [6.07, 6.45) is 0. The predicted octanol–water partition coefficient (Wildman–Crippen LogP) is 4.60. The summed E-state index contributed by atoms with van der Waals surface area (Å²) in [6.45, 7) is 2.08. The highest BCUT2D eigenvalue weighted by Crippen LogP contribution is 2.30. The van der Waals surface area contributed by atoms with E-state index in [0.717, 1.165) is 11.3 Å². The van der Waals surface area contributed by atoms with Crippen molar-refractivity contribution < 1.29 is 0 Å². The fraction of sp³-hybridized carbons (Fsp3) is 0.200. The van der Waals surface area contributed by atoms with Crippen LogP contribution in [0.5, 0.6) is 0 Å². The van der Waals surface area contributed by atoms with Crippen molar-refractivity contribution in [2.45, 2.75) is 17.9 Å². The molecular weight excluding hydrogens is 311 g/mol. The van der Waals surface area contributed by atoms with Gasteiger partial charge in [0, 0.05) is 20.7 Å². The zero-order valence-electron chi connectivity index (χ0n) is 11.1. The summed E-state index contributed by atoms with van der Waals surface area (Å²) < 4.78 is 0. The molecule has 0 aromatic heterocycles. The Labute approximate surface area is 133 Å². The quantitative estimate of drug-likeness (QED) is 0.479. The van der Waals surface area contributed by atoms with Crippen LogP contribution in [0.4, 0.5) is 0 Å². The normalized spacial score (nSPS) is 12.4. The van der Waals surface area contributed by atoms with Crippen LogP contribution in [0.2, 0.25) is 10.0 Å². The van der Waals surface area contributed by atoms with Gasteiger partial charge in [-0.05, 0) is 42.8 Å². The molecule has 2 aromatic carbocycles. The van der Waals surface area contributed by atoms with E-state index < -0.39 is 0 Å². The number of nitrogens with one attached hydrogen (secondary N) is 1. The molecule has 5 heteroatoms. The fourth-order valence-electron chi connectivity index (χ4n) is 1.89. The average Bonchev–Trinajstić information content (AvgIpc) is 2.43. The van der Waals surface area contributed by atoms with Gasteiger partial charge >= 0.3 is 0 Å². The lowest BCUT2D eigenvalue weighted by molar-refractivity contribution is 0.611. The van der Waals surface area contributed by atoms with Crippen LogP contribution < -0.4 is 11.3 Å². The molecule has 0 spiro atoms. The molecule has 0 radical (unpaired) electrons. The number of hydrogen-bond acceptors (Lipinski definition) is 3. The van der Waals surface area contributed by atoms with E-state index in [0.29, 0.717) is 10.0 Å². The summed E-state index contributed by atoms with van der Waals surface area (Å²) >= 11 is 14.0. The zero-order valence-corrected chi connectivity index (χ0v) is 13.4. The Morgan fingerprint density at radius 3 is 2.70 bits per heavy atom. The monoisotopic (exact) mass is 326 g/mol. The number of halogens is 2. The van der Waals surface area contributed by atoms with Crippen LogP contribution in [0.3, 0.4) is 0 Å². The predicted molar refractivity (Wildman–Crippen MR) is 88.4 cm³/mol. The molecule has 0 aliphatic carbocycles. The van der Waals surface area contributed by atoms with E-state index in [1.165, 1.54) is 10.5 Å². The number of rotatable bonds is 5. The molecule has 2 rings (SSSR count). The van der Waals surface area contributed by atoms with Crippen molar-refractivity contribution in [3.63, 3.8) is 0 Å². The van der Waals surface area contributed by atoms with Gasteiger partial charge < -0.3 is 0 Å². The van der Waals surface area contributed by atoms with E-state index in [-0.39, 0.29) is 6.04 Å². The van der Waals surface area contributed by atoms with Crippen molar-refractivity contribution in [1.82, 2.24) is 5.43 Å². The Bertz CT molecular complexity index is 590. The third-order valence-corrected chi connectivity index (χ3v) is 4.61. The standard InChI is InChI=1S/C15H16Cl2N2S/c1-10-3-2-4-12(7-10)20-9-15(19-18)13-8-11(16)5-6-14(13)17/h2-8,15,19H,9,18H2,1H3. The maximum atomic E-state index is 6.21. The van der Waals surface area contributed by atoms with Gasteiger partial charge in [-0.2, -0.15) is 0 Å². The van der Waals surface area contributed by atoms with Gasteiger partial charge in [-0.3, -0.25) is 11.3 Å². The Morgan fingerprint density at radius 1 is 1.20 bits per heavy atom. The van der Waals surface area contributed by atoms with Crippen molar-refractivity contribution in [2.75, 3.05) is 5.75 Å². The molecule has 106 valence electrons. The number of nitrogens with two attached hydrogens (primary N) is 1. The van der Waals surface area contributed by atoms with Crippen LogP contribution in [-0.2, 0) is 0 Å². The summed E-state index contributed by atoms with van der Waals surface area (Å²) in [4.78, 5) is 1.21. The lowest BCUT2D eigenvalue weighted by atomic mass is 10.1. The van der Waals surface area contributed by atoms with Gasteiger partial charge in [-0.1, -0.05) is 40.9 Å². The first-order chi connectivity index (χ1) is 9.60. The molecule has 0 fully saturated rings. The molecule has 20 heavy (non-hydrogen) atoms. The number of aryl methyl sites for hydroxylation is 1. The minimum Gasteiger partial charge on any atom is -0.271 e. The highest BCUT2D eigenvalue weighted by molar-refractivity contribution is 7.99. The minimum atomic E-state index is -0.0493. The van der Waals surface area contributed by atoms with Gasteiger partial charge in [0.25, 0.3) is 0 Å². The summed E-state index contributed by atoms with van der Waals surface area (Å²) in [5.74, 6) is 6.43. The van der Waals surface area contributed by atoms with Gasteiger partial charge in [0.15, 0.2) is 0 Å². The fourth-order valence-corrected chi connectivity index (χ4v) is 3.40. The van der Waals surface area contributed by atoms with E-state index >= 15 is 0 Å². The highest BCUT2D eigenvalue weighted by Gasteiger charge is 2.14. The molecule has 0 bridgehead atoms. The first-order valence-electron chi connectivity index (χ1n) is 6.20. The van der Waals surface area contributed by atoms with E-state index in [1.54, 1.807) is 23.9 Å². The summed E-state index contributed by atoms with van der Waals surface area (Å²) in [6, 6.07) is 13.7. The van der Waals surface area contributed by atoms with E-state index in [2.05, 4.69) is 36.6 Å². The minimum absolute atomic E-state index is 0.0493. The summed E-state index contributed by atoms with van der Waals surface area (Å²) in [7, 11) is 0. The van der Waals surface area contributed by atoms with Gasteiger partial charge in [-0.15, -0.1) is 11.8 Å². The third-order valence-electron chi connectivity index (χ3n) is 2.94. The second-order valence-corrected chi connectivity index (χ2v) is 6.45. The Hall–Kier alpha value is -0.710. The van der Waals surface area contributed by atoms with E-state index in [9.17, 15) is 0 Å². The Morgan fingerprint density at radius 2 is 2.00 bits per heavy atom. The number of hydrazine groups is 1. The molecule has 2 aromatic rings. The molecule has 3 N–H and O–H groups in total. The van der Waals surface area contributed by atoms with Crippen LogP contribution in [0.25, 0.3) is 0 Å². The molecule has 0 heterocycles. The lowest BCUT2D eigenvalue weighted by Gasteiger charge is -2.17. The molecule has 0 saturated heterocycles. The molecule has 0 aliphatic heterocycles. The maximum Gasteiger partial charge on any atom is 0.0569 e. The van der Waals surface area contributed by atoms with Gasteiger partial charge in [-0.25, -0.2) is 0 Å². The van der Waals surface area contributed by atoms with Crippen molar-refractivity contribution in [2.24, 2.45) is 5.84 Å².